The summed E-state index contributed by atoms with van der Waals surface area (Å²) >= 11 is 11.5. The molecule has 0 bridgehead atoms. The minimum Gasteiger partial charge on any atom is -0.465 e. The second-order valence-corrected chi connectivity index (χ2v) is 4.16. The molecule has 94 valence electrons. The van der Waals surface area contributed by atoms with Crippen LogP contribution in [-0.2, 0) is 4.74 Å². The lowest BCUT2D eigenvalue weighted by atomic mass is 10.2. The lowest BCUT2D eigenvalue weighted by molar-refractivity contribution is 0.0601. The predicted octanol–water partition coefficient (Wildman–Crippen LogP) is 2.76. The van der Waals surface area contributed by atoms with Crippen LogP contribution in [0.15, 0.2) is 24.3 Å². The Morgan fingerprint density at radius 3 is 2.47 bits per heavy atom. The summed E-state index contributed by atoms with van der Waals surface area (Å²) in [5, 5.41) is 0. The number of halogens is 2. The summed E-state index contributed by atoms with van der Waals surface area (Å²) in [5.41, 5.74) is 1.45. The number of carbonyl (C=O) groups excluding carboxylic acids is 1. The van der Waals surface area contributed by atoms with Crippen LogP contribution in [0.3, 0.4) is 0 Å². The number of carbonyl (C=O) groups is 1. The molecule has 5 heteroatoms. The fraction of sp³-hybridized carbons (Fsp3) is 0.417. The molecule has 0 saturated carbocycles. The number of hydrogen-bond acceptors (Lipinski definition) is 3. The first-order chi connectivity index (χ1) is 8.22. The minimum absolute atomic E-state index is 0.344. The van der Waals surface area contributed by atoms with Crippen LogP contribution >= 0.6 is 23.2 Å². The Hall–Kier alpha value is -0.930. The maximum atomic E-state index is 11.4. The highest BCUT2D eigenvalue weighted by atomic mass is 35.5. The number of rotatable bonds is 6. The molecule has 0 heterocycles. The van der Waals surface area contributed by atoms with Gasteiger partial charge < -0.3 is 9.64 Å². The van der Waals surface area contributed by atoms with Crippen LogP contribution in [0.5, 0.6) is 0 Å². The van der Waals surface area contributed by atoms with Crippen molar-refractivity contribution in [2.45, 2.75) is 0 Å². The Balaban J connectivity index is 2.91. The topological polar surface area (TPSA) is 29.5 Å². The van der Waals surface area contributed by atoms with Crippen LogP contribution in [0.2, 0.25) is 0 Å². The first-order valence-electron chi connectivity index (χ1n) is 5.28. The molecule has 0 spiro atoms. The van der Waals surface area contributed by atoms with Crippen molar-refractivity contribution in [3.63, 3.8) is 0 Å². The van der Waals surface area contributed by atoms with Gasteiger partial charge in [-0.2, -0.15) is 0 Å². The molecule has 0 saturated heterocycles. The van der Waals surface area contributed by atoms with Crippen molar-refractivity contribution in [1.29, 1.82) is 0 Å². The van der Waals surface area contributed by atoms with Gasteiger partial charge in [-0.15, -0.1) is 23.2 Å². The van der Waals surface area contributed by atoms with Crippen molar-refractivity contribution in [3.8, 4) is 0 Å². The van der Waals surface area contributed by atoms with E-state index in [2.05, 4.69) is 4.74 Å². The van der Waals surface area contributed by atoms with Gasteiger partial charge in [0.1, 0.15) is 0 Å². The quantitative estimate of drug-likeness (QED) is 0.591. The van der Waals surface area contributed by atoms with Gasteiger partial charge in [-0.25, -0.2) is 4.79 Å². The summed E-state index contributed by atoms with van der Waals surface area (Å²) in [7, 11) is 1.37. The van der Waals surface area contributed by atoms with Crippen molar-refractivity contribution >= 4 is 34.9 Å². The zero-order chi connectivity index (χ0) is 12.7. The summed E-state index contributed by atoms with van der Waals surface area (Å²) in [6.07, 6.45) is 0. The van der Waals surface area contributed by atoms with Crippen molar-refractivity contribution in [2.75, 3.05) is 36.9 Å². The summed E-state index contributed by atoms with van der Waals surface area (Å²) in [6.45, 7) is 1.39. The van der Waals surface area contributed by atoms with Crippen molar-refractivity contribution in [1.82, 2.24) is 0 Å². The summed E-state index contributed by atoms with van der Waals surface area (Å²) in [5.74, 6) is 0.683. The van der Waals surface area contributed by atoms with E-state index in [4.69, 9.17) is 23.2 Å². The summed E-state index contributed by atoms with van der Waals surface area (Å²) in [4.78, 5) is 13.4. The molecule has 0 atom stereocenters. The van der Waals surface area contributed by atoms with Crippen LogP contribution in [0, 0.1) is 0 Å². The Labute approximate surface area is 111 Å². The molecule has 0 fully saturated rings. The molecule has 0 N–H and O–H groups in total. The first-order valence-corrected chi connectivity index (χ1v) is 6.35. The number of methoxy groups -OCH3 is 1. The third kappa shape index (κ3) is 4.10. The number of benzene rings is 1. The van der Waals surface area contributed by atoms with Crippen molar-refractivity contribution in [2.24, 2.45) is 0 Å². The van der Waals surface area contributed by atoms with E-state index in [0.717, 1.165) is 5.69 Å². The molecule has 1 aromatic carbocycles. The van der Waals surface area contributed by atoms with Gasteiger partial charge in [0.2, 0.25) is 0 Å². The molecule has 3 nitrogen and oxygen atoms in total. The van der Waals surface area contributed by atoms with E-state index in [9.17, 15) is 4.79 Å². The van der Waals surface area contributed by atoms with E-state index in [1.165, 1.54) is 7.11 Å². The number of anilines is 1. The van der Waals surface area contributed by atoms with Crippen LogP contribution in [0.1, 0.15) is 10.4 Å². The molecular weight excluding hydrogens is 261 g/mol. The second kappa shape index (κ2) is 7.41. The summed E-state index contributed by atoms with van der Waals surface area (Å²) in [6, 6.07) is 7.24. The SMILES string of the molecule is COC(=O)c1cccc(N(CCCl)CCCl)c1. The lowest BCUT2D eigenvalue weighted by Crippen LogP contribution is -2.27. The normalized spacial score (nSPS) is 10.1. The fourth-order valence-electron chi connectivity index (χ4n) is 1.52. The zero-order valence-corrected chi connectivity index (χ0v) is 11.2. The van der Waals surface area contributed by atoms with Gasteiger partial charge in [0.05, 0.1) is 12.7 Å². The molecule has 0 aliphatic heterocycles. The van der Waals surface area contributed by atoms with Gasteiger partial charge >= 0.3 is 5.97 Å². The largest absolute Gasteiger partial charge is 0.465 e. The second-order valence-electron chi connectivity index (χ2n) is 3.41. The number of hydrogen-bond donors (Lipinski definition) is 0. The van der Waals surface area contributed by atoms with Gasteiger partial charge in [-0.3, -0.25) is 0 Å². The maximum Gasteiger partial charge on any atom is 0.337 e. The number of esters is 1. The molecule has 0 amide bonds. The first kappa shape index (κ1) is 14.1. The van der Waals surface area contributed by atoms with Gasteiger partial charge in [0, 0.05) is 30.5 Å². The Morgan fingerprint density at radius 1 is 1.29 bits per heavy atom. The van der Waals surface area contributed by atoms with Crippen molar-refractivity contribution < 1.29 is 9.53 Å². The van der Waals surface area contributed by atoms with E-state index in [-0.39, 0.29) is 5.97 Å². The Kier molecular flexibility index (Phi) is 6.16. The molecular formula is C12H15Cl2NO2. The zero-order valence-electron chi connectivity index (χ0n) is 9.66. The molecule has 0 aromatic heterocycles. The van der Waals surface area contributed by atoms with Crippen LogP contribution < -0.4 is 4.90 Å². The molecule has 1 aromatic rings. The third-order valence-electron chi connectivity index (χ3n) is 2.34. The summed E-state index contributed by atoms with van der Waals surface area (Å²) < 4.78 is 4.68. The highest BCUT2D eigenvalue weighted by molar-refractivity contribution is 6.18. The third-order valence-corrected chi connectivity index (χ3v) is 2.68. The average molecular weight is 276 g/mol. The lowest BCUT2D eigenvalue weighted by Gasteiger charge is -2.23. The number of alkyl halides is 2. The predicted molar refractivity (Wildman–Crippen MR) is 71.4 cm³/mol. The van der Waals surface area contributed by atoms with Crippen LogP contribution in [-0.4, -0.2) is 37.9 Å². The van der Waals surface area contributed by atoms with Gasteiger partial charge in [-0.05, 0) is 18.2 Å². The smallest absolute Gasteiger partial charge is 0.337 e. The number of ether oxygens (including phenoxy) is 1. The Morgan fingerprint density at radius 2 is 1.94 bits per heavy atom. The van der Waals surface area contributed by atoms with E-state index >= 15 is 0 Å². The Bertz CT molecular complexity index is 365. The number of nitrogens with zero attached hydrogens (tertiary/aromatic N) is 1. The average Bonchev–Trinajstić information content (AvgIpc) is 2.37. The highest BCUT2D eigenvalue weighted by Crippen LogP contribution is 2.17. The van der Waals surface area contributed by atoms with E-state index in [1.54, 1.807) is 12.1 Å². The molecule has 1 rings (SSSR count). The van der Waals surface area contributed by atoms with Crippen molar-refractivity contribution in [3.05, 3.63) is 29.8 Å². The van der Waals surface area contributed by atoms with E-state index in [0.29, 0.717) is 30.4 Å². The van der Waals surface area contributed by atoms with Gasteiger partial charge in [-0.1, -0.05) is 6.07 Å². The molecule has 0 unspecified atom stereocenters. The van der Waals surface area contributed by atoms with E-state index in [1.807, 2.05) is 17.0 Å². The van der Waals surface area contributed by atoms with Gasteiger partial charge in [0.25, 0.3) is 0 Å². The molecule has 0 aliphatic carbocycles. The standard InChI is InChI=1S/C12H15Cl2NO2/c1-17-12(16)10-3-2-4-11(9-10)15(7-5-13)8-6-14/h2-4,9H,5-8H2,1H3. The molecule has 17 heavy (non-hydrogen) atoms. The monoisotopic (exact) mass is 275 g/mol. The highest BCUT2D eigenvalue weighted by Gasteiger charge is 2.09. The van der Waals surface area contributed by atoms with Crippen LogP contribution in [0.4, 0.5) is 5.69 Å². The fourth-order valence-corrected chi connectivity index (χ4v) is 1.93. The minimum atomic E-state index is -0.344. The van der Waals surface area contributed by atoms with E-state index < -0.39 is 0 Å². The molecule has 0 radical (unpaired) electrons. The van der Waals surface area contributed by atoms with Gasteiger partial charge in [0.15, 0.2) is 0 Å². The van der Waals surface area contributed by atoms with Crippen LogP contribution in [0.25, 0.3) is 0 Å². The molecule has 0 aliphatic rings. The maximum absolute atomic E-state index is 11.4.